The van der Waals surface area contributed by atoms with E-state index >= 15 is 0 Å². The van der Waals surface area contributed by atoms with Crippen LogP contribution in [0.1, 0.15) is 35.5 Å². The molecule has 0 aliphatic rings. The normalized spacial score (nSPS) is 8.00. The van der Waals surface area contributed by atoms with E-state index in [0.29, 0.717) is 18.4 Å². The van der Waals surface area contributed by atoms with Gasteiger partial charge in [-0.1, -0.05) is 27.7 Å². The van der Waals surface area contributed by atoms with Crippen molar-refractivity contribution < 1.29 is 11.6 Å². The summed E-state index contributed by atoms with van der Waals surface area (Å²) in [7, 11) is 1.00. The summed E-state index contributed by atoms with van der Waals surface area (Å²) in [6, 6.07) is 0. The molecule has 0 rings (SSSR count). The van der Waals surface area contributed by atoms with Crippen molar-refractivity contribution in [3.8, 4) is 12.3 Å². The number of aliphatic hydroxyl groups is 2. The quantitative estimate of drug-likeness (QED) is 0.655. The summed E-state index contributed by atoms with van der Waals surface area (Å²) in [5.74, 6) is 3.59. The van der Waals surface area contributed by atoms with Crippen LogP contribution in [0.2, 0.25) is 0 Å². The first-order chi connectivity index (χ1) is 6.04. The highest BCUT2D eigenvalue weighted by Crippen LogP contribution is 1.94. The molecular weight excluding hydrogens is 164 g/mol. The van der Waals surface area contributed by atoms with E-state index in [-0.39, 0.29) is 1.43 Å². The van der Waals surface area contributed by atoms with Crippen LogP contribution in [0.5, 0.6) is 0 Å². The molecule has 0 fully saturated rings. The molecule has 13 heavy (non-hydrogen) atoms. The van der Waals surface area contributed by atoms with E-state index in [1.165, 1.54) is 0 Å². The standard InChI is InChI=1S/C5H12O.C5H8.CH4O.H2/c1-5(2)3-4-6;1-4-5(2)3;1-2;/h5-6H,3-4H2,1-2H3;1,5H,2-3H3;2H,1H3;1H. The molecule has 2 N–H and O–H groups in total. The number of aliphatic hydroxyl groups excluding tert-OH is 2. The average Bonchev–Trinajstić information content (AvgIpc) is 2.09. The first kappa shape index (κ1) is 18.3. The molecule has 0 aromatic carbocycles. The van der Waals surface area contributed by atoms with Crippen LogP contribution < -0.4 is 0 Å². The summed E-state index contributed by atoms with van der Waals surface area (Å²) in [5, 5.41) is 15.2. The van der Waals surface area contributed by atoms with Crippen molar-refractivity contribution in [2.75, 3.05) is 13.7 Å². The van der Waals surface area contributed by atoms with E-state index in [9.17, 15) is 0 Å². The third-order valence-electron chi connectivity index (χ3n) is 1.04. The zero-order chi connectivity index (χ0) is 11.3. The first-order valence-electron chi connectivity index (χ1n) is 4.56. The third kappa shape index (κ3) is 51.4. The lowest BCUT2D eigenvalue weighted by molar-refractivity contribution is 0.268. The Morgan fingerprint density at radius 2 is 1.54 bits per heavy atom. The molecule has 0 aromatic rings. The molecule has 0 radical (unpaired) electrons. The summed E-state index contributed by atoms with van der Waals surface area (Å²) < 4.78 is 0. The summed E-state index contributed by atoms with van der Waals surface area (Å²) in [4.78, 5) is 0. The Bertz CT molecular complexity index is 106. The predicted octanol–water partition coefficient (Wildman–Crippen LogP) is 2.15. The van der Waals surface area contributed by atoms with Gasteiger partial charge in [0.2, 0.25) is 0 Å². The molecule has 2 nitrogen and oxygen atoms in total. The van der Waals surface area contributed by atoms with Crippen molar-refractivity contribution >= 4 is 0 Å². The highest BCUT2D eigenvalue weighted by molar-refractivity contribution is 4.86. The van der Waals surface area contributed by atoms with Gasteiger partial charge in [-0.05, 0) is 12.3 Å². The van der Waals surface area contributed by atoms with Gasteiger partial charge >= 0.3 is 0 Å². The molecular formula is C11H26O2. The molecule has 0 spiro atoms. The summed E-state index contributed by atoms with van der Waals surface area (Å²) in [6.07, 6.45) is 5.85. The van der Waals surface area contributed by atoms with Crippen molar-refractivity contribution in [2.45, 2.75) is 34.1 Å². The van der Waals surface area contributed by atoms with Gasteiger partial charge < -0.3 is 10.2 Å². The Labute approximate surface area is 84.5 Å². The lowest BCUT2D eigenvalue weighted by Crippen LogP contribution is -1.89. The average molecular weight is 190 g/mol. The van der Waals surface area contributed by atoms with E-state index in [0.717, 1.165) is 13.5 Å². The Morgan fingerprint density at radius 1 is 1.23 bits per heavy atom. The van der Waals surface area contributed by atoms with Crippen LogP contribution >= 0.6 is 0 Å². The lowest BCUT2D eigenvalue weighted by Gasteiger charge is -1.95. The zero-order valence-corrected chi connectivity index (χ0v) is 9.54. The van der Waals surface area contributed by atoms with Crippen LogP contribution in [-0.2, 0) is 0 Å². The molecule has 0 saturated heterocycles. The molecule has 0 unspecified atom stereocenters. The van der Waals surface area contributed by atoms with Crippen LogP contribution in [0.15, 0.2) is 0 Å². The molecule has 0 aliphatic carbocycles. The Kier molecular flexibility index (Phi) is 24.7. The lowest BCUT2D eigenvalue weighted by atomic mass is 10.2. The fraction of sp³-hybridized carbons (Fsp3) is 0.818. The van der Waals surface area contributed by atoms with E-state index in [4.69, 9.17) is 16.6 Å². The van der Waals surface area contributed by atoms with Crippen LogP contribution in [0, 0.1) is 24.2 Å². The molecule has 82 valence electrons. The number of hydrogen-bond donors (Lipinski definition) is 2. The molecule has 0 atom stereocenters. The molecule has 0 aromatic heterocycles. The fourth-order valence-electron chi connectivity index (χ4n) is 0.258. The second-order valence-electron chi connectivity index (χ2n) is 3.23. The Balaban J connectivity index is -0.0000000576. The minimum atomic E-state index is 0. The predicted molar refractivity (Wildman–Crippen MR) is 60.5 cm³/mol. The molecule has 0 saturated carbocycles. The number of terminal acetylenes is 1. The highest BCUT2D eigenvalue weighted by atomic mass is 16.3. The maximum atomic E-state index is 8.24. The smallest absolute Gasteiger partial charge is 0.0433 e. The van der Waals surface area contributed by atoms with E-state index in [1.54, 1.807) is 0 Å². The first-order valence-corrected chi connectivity index (χ1v) is 4.56. The zero-order valence-electron chi connectivity index (χ0n) is 9.54. The third-order valence-corrected chi connectivity index (χ3v) is 1.04. The van der Waals surface area contributed by atoms with E-state index < -0.39 is 0 Å². The maximum absolute atomic E-state index is 8.24. The van der Waals surface area contributed by atoms with Gasteiger partial charge in [0.15, 0.2) is 0 Å². The van der Waals surface area contributed by atoms with Gasteiger partial charge in [0.1, 0.15) is 0 Å². The second kappa shape index (κ2) is 17.5. The minimum Gasteiger partial charge on any atom is -0.400 e. The van der Waals surface area contributed by atoms with Crippen LogP contribution in [-0.4, -0.2) is 23.9 Å². The minimum absolute atomic E-state index is 0. The SMILES string of the molecule is C#CC(C)C.CC(C)CCO.CO.[HH]. The van der Waals surface area contributed by atoms with Gasteiger partial charge in [-0.25, -0.2) is 0 Å². The highest BCUT2D eigenvalue weighted by Gasteiger charge is 1.86. The number of rotatable bonds is 2. The summed E-state index contributed by atoms with van der Waals surface area (Å²) >= 11 is 0. The fourth-order valence-corrected chi connectivity index (χ4v) is 0.258. The van der Waals surface area contributed by atoms with Crippen molar-refractivity contribution in [2.24, 2.45) is 11.8 Å². The van der Waals surface area contributed by atoms with Crippen LogP contribution in [0.4, 0.5) is 0 Å². The topological polar surface area (TPSA) is 40.5 Å². The number of hydrogen-bond acceptors (Lipinski definition) is 2. The molecule has 0 amide bonds. The van der Waals surface area contributed by atoms with Crippen molar-refractivity contribution in [1.82, 2.24) is 0 Å². The Morgan fingerprint density at radius 3 is 1.54 bits per heavy atom. The van der Waals surface area contributed by atoms with E-state index in [1.807, 2.05) is 13.8 Å². The largest absolute Gasteiger partial charge is 0.400 e. The molecule has 0 heterocycles. The van der Waals surface area contributed by atoms with Gasteiger partial charge in [-0.3, -0.25) is 0 Å². The van der Waals surface area contributed by atoms with Gasteiger partial charge in [-0.2, -0.15) is 0 Å². The molecule has 0 bridgehead atoms. The van der Waals surface area contributed by atoms with Crippen LogP contribution in [0.25, 0.3) is 0 Å². The summed E-state index contributed by atoms with van der Waals surface area (Å²) in [6.45, 7) is 8.49. The maximum Gasteiger partial charge on any atom is 0.0433 e. The van der Waals surface area contributed by atoms with Gasteiger partial charge in [0, 0.05) is 21.1 Å². The van der Waals surface area contributed by atoms with Crippen molar-refractivity contribution in [3.05, 3.63) is 0 Å². The van der Waals surface area contributed by atoms with E-state index in [2.05, 4.69) is 19.8 Å². The van der Waals surface area contributed by atoms with Gasteiger partial charge in [0.05, 0.1) is 0 Å². The second-order valence-corrected chi connectivity index (χ2v) is 3.23. The molecule has 2 heteroatoms. The summed E-state index contributed by atoms with van der Waals surface area (Å²) in [5.41, 5.74) is 0. The van der Waals surface area contributed by atoms with Crippen molar-refractivity contribution in [3.63, 3.8) is 0 Å². The monoisotopic (exact) mass is 190 g/mol. The Hall–Kier alpha value is -0.520. The van der Waals surface area contributed by atoms with Crippen molar-refractivity contribution in [1.29, 1.82) is 0 Å². The van der Waals surface area contributed by atoms with Crippen LogP contribution in [0.3, 0.4) is 0 Å². The van der Waals surface area contributed by atoms with Gasteiger partial charge in [-0.15, -0.1) is 12.3 Å². The molecule has 0 aliphatic heterocycles. The van der Waals surface area contributed by atoms with Gasteiger partial charge in [0.25, 0.3) is 0 Å².